The molecule has 0 saturated heterocycles. The average molecular weight is 268 g/mol. The highest BCUT2D eigenvalue weighted by molar-refractivity contribution is 5.48. The number of rotatable bonds is 3. The third-order valence-electron chi connectivity index (χ3n) is 4.36. The summed E-state index contributed by atoms with van der Waals surface area (Å²) >= 11 is 0. The van der Waals surface area contributed by atoms with Gasteiger partial charge in [0.25, 0.3) is 0 Å². The van der Waals surface area contributed by atoms with Gasteiger partial charge in [0.05, 0.1) is 7.11 Å². The third kappa shape index (κ3) is 2.01. The summed E-state index contributed by atoms with van der Waals surface area (Å²) in [5.74, 6) is 0.800. The van der Waals surface area contributed by atoms with Crippen molar-refractivity contribution in [2.24, 2.45) is 0 Å². The predicted molar refractivity (Wildman–Crippen MR) is 80.1 cm³/mol. The Kier molecular flexibility index (Phi) is 3.27. The molecule has 2 heteroatoms. The van der Waals surface area contributed by atoms with Crippen molar-refractivity contribution in [1.82, 2.24) is 0 Å². The van der Waals surface area contributed by atoms with E-state index in [1.165, 1.54) is 11.1 Å². The molecular weight excluding hydrogens is 248 g/mol. The minimum Gasteiger partial charge on any atom is -0.497 e. The van der Waals surface area contributed by atoms with Gasteiger partial charge in [-0.1, -0.05) is 37.3 Å². The van der Waals surface area contributed by atoms with Crippen LogP contribution in [0.4, 0.5) is 0 Å². The zero-order valence-electron chi connectivity index (χ0n) is 12.0. The Balaban J connectivity index is 2.06. The van der Waals surface area contributed by atoms with E-state index < -0.39 is 5.60 Å². The van der Waals surface area contributed by atoms with Crippen molar-refractivity contribution in [3.8, 4) is 5.75 Å². The monoisotopic (exact) mass is 268 g/mol. The molecule has 104 valence electrons. The molecule has 0 fully saturated rings. The highest BCUT2D eigenvalue weighted by atomic mass is 16.5. The Morgan fingerprint density at radius 3 is 2.55 bits per heavy atom. The van der Waals surface area contributed by atoms with Crippen LogP contribution in [-0.2, 0) is 18.4 Å². The van der Waals surface area contributed by atoms with Crippen molar-refractivity contribution in [2.75, 3.05) is 7.11 Å². The van der Waals surface area contributed by atoms with Crippen molar-refractivity contribution in [1.29, 1.82) is 0 Å². The molecule has 0 saturated carbocycles. The summed E-state index contributed by atoms with van der Waals surface area (Å²) in [5, 5.41) is 11.1. The van der Waals surface area contributed by atoms with E-state index in [-0.39, 0.29) is 0 Å². The number of benzene rings is 2. The summed E-state index contributed by atoms with van der Waals surface area (Å²) in [6.45, 7) is 2.14. The first-order chi connectivity index (χ1) is 9.67. The molecule has 0 radical (unpaired) electrons. The van der Waals surface area contributed by atoms with Crippen LogP contribution in [0.15, 0.2) is 42.5 Å². The van der Waals surface area contributed by atoms with Crippen molar-refractivity contribution in [2.45, 2.75) is 31.8 Å². The molecule has 0 bridgehead atoms. The maximum atomic E-state index is 11.1. The van der Waals surface area contributed by atoms with E-state index in [0.717, 1.165) is 36.1 Å². The van der Waals surface area contributed by atoms with Gasteiger partial charge in [0.15, 0.2) is 0 Å². The van der Waals surface area contributed by atoms with Crippen LogP contribution in [-0.4, -0.2) is 12.2 Å². The number of methoxy groups -OCH3 is 1. The third-order valence-corrected chi connectivity index (χ3v) is 4.36. The van der Waals surface area contributed by atoms with Crippen LogP contribution >= 0.6 is 0 Å². The summed E-state index contributed by atoms with van der Waals surface area (Å²) in [5.41, 5.74) is 3.59. The Bertz CT molecular complexity index is 616. The molecule has 2 nitrogen and oxygen atoms in total. The molecule has 1 N–H and O–H groups in total. The van der Waals surface area contributed by atoms with Crippen molar-refractivity contribution in [3.63, 3.8) is 0 Å². The fraction of sp³-hybridized carbons (Fsp3) is 0.333. The lowest BCUT2D eigenvalue weighted by Gasteiger charge is -2.25. The second-order valence-electron chi connectivity index (χ2n) is 5.43. The van der Waals surface area contributed by atoms with Gasteiger partial charge in [-0.15, -0.1) is 0 Å². The van der Waals surface area contributed by atoms with Crippen LogP contribution in [0.2, 0.25) is 0 Å². The van der Waals surface area contributed by atoms with E-state index in [4.69, 9.17) is 4.74 Å². The molecular formula is C18H20O2. The van der Waals surface area contributed by atoms with Crippen LogP contribution in [0.3, 0.4) is 0 Å². The highest BCUT2D eigenvalue weighted by Crippen LogP contribution is 2.43. The van der Waals surface area contributed by atoms with Gasteiger partial charge in [-0.2, -0.15) is 0 Å². The molecule has 3 rings (SSSR count). The summed E-state index contributed by atoms with van der Waals surface area (Å²) in [6.07, 6.45) is 2.66. The van der Waals surface area contributed by atoms with Gasteiger partial charge in [0.1, 0.15) is 11.4 Å². The van der Waals surface area contributed by atoms with E-state index in [1.54, 1.807) is 7.11 Å². The SMILES string of the molecule is CCc1ccc(C2(O)CCc3ccc(OC)cc32)cc1. The van der Waals surface area contributed by atoms with Gasteiger partial charge in [-0.25, -0.2) is 0 Å². The van der Waals surface area contributed by atoms with Gasteiger partial charge in [0, 0.05) is 0 Å². The zero-order chi connectivity index (χ0) is 14.2. The molecule has 20 heavy (non-hydrogen) atoms. The number of hydrogen-bond acceptors (Lipinski definition) is 2. The molecule has 0 aromatic heterocycles. The van der Waals surface area contributed by atoms with E-state index in [2.05, 4.69) is 25.1 Å². The number of ether oxygens (including phenoxy) is 1. The Labute approximate surface area is 120 Å². The molecule has 0 spiro atoms. The normalized spacial score (nSPS) is 20.8. The number of aliphatic hydroxyl groups is 1. The lowest BCUT2D eigenvalue weighted by molar-refractivity contribution is 0.0827. The summed E-state index contributed by atoms with van der Waals surface area (Å²) in [6, 6.07) is 14.3. The van der Waals surface area contributed by atoms with Crippen molar-refractivity contribution < 1.29 is 9.84 Å². The van der Waals surface area contributed by atoms with Gasteiger partial charge in [-0.3, -0.25) is 0 Å². The van der Waals surface area contributed by atoms with E-state index in [1.807, 2.05) is 24.3 Å². The Morgan fingerprint density at radius 2 is 1.90 bits per heavy atom. The lowest BCUT2D eigenvalue weighted by Crippen LogP contribution is -2.23. The van der Waals surface area contributed by atoms with E-state index in [0.29, 0.717) is 0 Å². The van der Waals surface area contributed by atoms with Crippen molar-refractivity contribution >= 4 is 0 Å². The maximum absolute atomic E-state index is 11.1. The first kappa shape index (κ1) is 13.2. The predicted octanol–water partition coefficient (Wildman–Crippen LogP) is 3.44. The molecule has 0 heterocycles. The molecule has 1 aliphatic rings. The minimum atomic E-state index is -0.879. The minimum absolute atomic E-state index is 0.737. The number of fused-ring (bicyclic) bond motifs is 1. The summed E-state index contributed by atoms with van der Waals surface area (Å²) in [4.78, 5) is 0. The Hall–Kier alpha value is -1.80. The van der Waals surface area contributed by atoms with Crippen LogP contribution in [0.5, 0.6) is 5.75 Å². The fourth-order valence-corrected chi connectivity index (χ4v) is 3.05. The van der Waals surface area contributed by atoms with Gasteiger partial charge < -0.3 is 9.84 Å². The molecule has 2 aromatic carbocycles. The van der Waals surface area contributed by atoms with Gasteiger partial charge in [0.2, 0.25) is 0 Å². The second kappa shape index (κ2) is 4.95. The second-order valence-corrected chi connectivity index (χ2v) is 5.43. The first-order valence-corrected chi connectivity index (χ1v) is 7.16. The molecule has 0 aliphatic heterocycles. The standard InChI is InChI=1S/C18H20O2/c1-3-13-4-7-15(8-5-13)18(19)11-10-14-6-9-16(20-2)12-17(14)18/h4-9,12,19H,3,10-11H2,1-2H3. The summed E-state index contributed by atoms with van der Waals surface area (Å²) < 4.78 is 5.29. The van der Waals surface area contributed by atoms with Crippen molar-refractivity contribution in [3.05, 3.63) is 64.7 Å². The highest BCUT2D eigenvalue weighted by Gasteiger charge is 2.38. The van der Waals surface area contributed by atoms with Gasteiger partial charge >= 0.3 is 0 Å². The molecule has 0 amide bonds. The zero-order valence-corrected chi connectivity index (χ0v) is 12.0. The van der Waals surface area contributed by atoms with Crippen LogP contribution in [0.1, 0.15) is 35.6 Å². The maximum Gasteiger partial charge on any atom is 0.119 e. The van der Waals surface area contributed by atoms with Crippen LogP contribution in [0, 0.1) is 0 Å². The summed E-state index contributed by atoms with van der Waals surface area (Å²) in [7, 11) is 1.66. The quantitative estimate of drug-likeness (QED) is 0.924. The number of aryl methyl sites for hydroxylation is 2. The number of hydrogen-bond donors (Lipinski definition) is 1. The molecule has 2 aromatic rings. The van der Waals surface area contributed by atoms with Crippen LogP contribution < -0.4 is 4.74 Å². The van der Waals surface area contributed by atoms with Gasteiger partial charge in [-0.05, 0) is 53.6 Å². The molecule has 1 aliphatic carbocycles. The molecule has 1 atom stereocenters. The van der Waals surface area contributed by atoms with E-state index >= 15 is 0 Å². The smallest absolute Gasteiger partial charge is 0.119 e. The largest absolute Gasteiger partial charge is 0.497 e. The Morgan fingerprint density at radius 1 is 1.15 bits per heavy atom. The van der Waals surface area contributed by atoms with E-state index in [9.17, 15) is 5.11 Å². The average Bonchev–Trinajstić information content (AvgIpc) is 2.85. The molecule has 1 unspecified atom stereocenters. The topological polar surface area (TPSA) is 29.5 Å². The van der Waals surface area contributed by atoms with Crippen LogP contribution in [0.25, 0.3) is 0 Å². The fourth-order valence-electron chi connectivity index (χ4n) is 3.05. The lowest BCUT2D eigenvalue weighted by atomic mass is 9.87. The first-order valence-electron chi connectivity index (χ1n) is 7.16.